The van der Waals surface area contributed by atoms with Crippen molar-refractivity contribution in [1.29, 1.82) is 0 Å². The topological polar surface area (TPSA) is 118 Å². The van der Waals surface area contributed by atoms with Crippen LogP contribution in [0.15, 0.2) is 97.1 Å². The highest BCUT2D eigenvalue weighted by Crippen LogP contribution is 2.23. The number of rotatable bonds is 18. The summed E-state index contributed by atoms with van der Waals surface area (Å²) in [6.07, 6.45) is -0.418. The van der Waals surface area contributed by atoms with E-state index < -0.39 is 12.3 Å². The number of ether oxygens (including phenoxy) is 3. The van der Waals surface area contributed by atoms with Crippen LogP contribution in [0, 0.1) is 0 Å². The molecule has 0 radical (unpaired) electrons. The van der Waals surface area contributed by atoms with E-state index >= 15 is 0 Å². The standard InChI is InChI=1S/C41H52N4O6/c1-6-49-38(50-7-2)29-45(28-33-18-13-17-32-16-11-12-19-35(32)33)39(47)36(26-30-20-22-34(23-21-30)51-41(3,4)5)44-37(46)24-25-42-40(48)43-27-31-14-9-8-10-15-31/h8-23,36,38H,6-7,24-29H2,1-5H3,(H,44,46)(H2,42,43,48)/t36-/m0/s1. The fourth-order valence-corrected chi connectivity index (χ4v) is 5.67. The van der Waals surface area contributed by atoms with Gasteiger partial charge in [0.15, 0.2) is 6.29 Å². The number of hydrogen-bond donors (Lipinski definition) is 3. The van der Waals surface area contributed by atoms with Gasteiger partial charge < -0.3 is 35.1 Å². The highest BCUT2D eigenvalue weighted by Gasteiger charge is 2.29. The zero-order valence-corrected chi connectivity index (χ0v) is 30.4. The lowest BCUT2D eigenvalue weighted by atomic mass is 10.0. The number of hydrogen-bond acceptors (Lipinski definition) is 6. The molecule has 51 heavy (non-hydrogen) atoms. The molecule has 0 heterocycles. The molecule has 0 saturated heterocycles. The summed E-state index contributed by atoms with van der Waals surface area (Å²) < 4.78 is 17.8. The quantitative estimate of drug-likeness (QED) is 0.104. The average molecular weight is 697 g/mol. The van der Waals surface area contributed by atoms with Gasteiger partial charge >= 0.3 is 6.03 Å². The van der Waals surface area contributed by atoms with E-state index in [4.69, 9.17) is 14.2 Å². The van der Waals surface area contributed by atoms with Crippen LogP contribution in [0.3, 0.4) is 0 Å². The first-order chi connectivity index (χ1) is 24.5. The molecule has 0 aliphatic carbocycles. The van der Waals surface area contributed by atoms with Crippen molar-refractivity contribution >= 4 is 28.6 Å². The van der Waals surface area contributed by atoms with Crippen LogP contribution in [0.1, 0.15) is 57.7 Å². The third-order valence-corrected chi connectivity index (χ3v) is 7.98. The minimum atomic E-state index is -0.905. The number of benzene rings is 4. The Morgan fingerprint density at radius 3 is 2.12 bits per heavy atom. The van der Waals surface area contributed by atoms with Gasteiger partial charge in [-0.2, -0.15) is 0 Å². The van der Waals surface area contributed by atoms with Crippen LogP contribution < -0.4 is 20.7 Å². The van der Waals surface area contributed by atoms with Gasteiger partial charge in [0.05, 0.1) is 6.54 Å². The zero-order chi connectivity index (χ0) is 36.6. The van der Waals surface area contributed by atoms with Crippen LogP contribution in [0.2, 0.25) is 0 Å². The summed E-state index contributed by atoms with van der Waals surface area (Å²) in [5, 5.41) is 10.6. The number of nitrogens with one attached hydrogen (secondary N) is 3. The SMILES string of the molecule is CCOC(CN(Cc1cccc2ccccc12)C(=O)[C@H](Cc1ccc(OC(C)(C)C)cc1)NC(=O)CCNC(=O)NCc1ccccc1)OCC. The van der Waals surface area contributed by atoms with Gasteiger partial charge in [0.25, 0.3) is 0 Å². The molecule has 0 aliphatic heterocycles. The lowest BCUT2D eigenvalue weighted by Gasteiger charge is -2.31. The van der Waals surface area contributed by atoms with E-state index in [1.165, 1.54) is 0 Å². The van der Waals surface area contributed by atoms with Gasteiger partial charge in [0.2, 0.25) is 11.8 Å². The lowest BCUT2D eigenvalue weighted by Crippen LogP contribution is -2.52. The first-order valence-electron chi connectivity index (χ1n) is 17.7. The number of nitrogens with zero attached hydrogens (tertiary/aromatic N) is 1. The van der Waals surface area contributed by atoms with Gasteiger partial charge in [0, 0.05) is 45.7 Å². The lowest BCUT2D eigenvalue weighted by molar-refractivity contribution is -0.161. The molecule has 0 aliphatic rings. The van der Waals surface area contributed by atoms with Crippen molar-refractivity contribution in [2.24, 2.45) is 0 Å². The predicted octanol–water partition coefficient (Wildman–Crippen LogP) is 6.36. The Labute approximate surface area is 301 Å². The Kier molecular flexibility index (Phi) is 14.8. The Bertz CT molecular complexity index is 1680. The second-order valence-electron chi connectivity index (χ2n) is 13.2. The largest absolute Gasteiger partial charge is 0.488 e. The summed E-state index contributed by atoms with van der Waals surface area (Å²) >= 11 is 0. The molecule has 0 unspecified atom stereocenters. The number of amides is 4. The number of carbonyl (C=O) groups is 3. The van der Waals surface area contributed by atoms with E-state index in [1.807, 2.05) is 132 Å². The minimum Gasteiger partial charge on any atom is -0.488 e. The van der Waals surface area contributed by atoms with Crippen molar-refractivity contribution in [3.05, 3.63) is 114 Å². The molecule has 10 nitrogen and oxygen atoms in total. The normalized spacial score (nSPS) is 12.0. The van der Waals surface area contributed by atoms with Gasteiger partial charge in [-0.15, -0.1) is 0 Å². The second-order valence-corrected chi connectivity index (χ2v) is 13.2. The first-order valence-corrected chi connectivity index (χ1v) is 17.7. The van der Waals surface area contributed by atoms with Crippen LogP contribution in [-0.2, 0) is 38.6 Å². The Balaban J connectivity index is 1.54. The number of urea groups is 1. The predicted molar refractivity (Wildman–Crippen MR) is 200 cm³/mol. The van der Waals surface area contributed by atoms with Crippen molar-refractivity contribution in [2.75, 3.05) is 26.3 Å². The molecule has 4 aromatic rings. The highest BCUT2D eigenvalue weighted by molar-refractivity contribution is 5.89. The van der Waals surface area contributed by atoms with Crippen LogP contribution in [-0.4, -0.2) is 67.0 Å². The smallest absolute Gasteiger partial charge is 0.315 e. The molecule has 10 heteroatoms. The van der Waals surface area contributed by atoms with Crippen LogP contribution >= 0.6 is 0 Å². The molecule has 0 saturated carbocycles. The molecular weight excluding hydrogens is 644 g/mol. The molecule has 1 atom stereocenters. The Hall–Kier alpha value is -4.93. The van der Waals surface area contributed by atoms with E-state index in [0.717, 1.165) is 27.5 Å². The molecule has 0 aromatic heterocycles. The highest BCUT2D eigenvalue weighted by atomic mass is 16.7. The maximum absolute atomic E-state index is 14.6. The molecule has 4 aromatic carbocycles. The maximum atomic E-state index is 14.6. The van der Waals surface area contributed by atoms with Crippen molar-refractivity contribution < 1.29 is 28.6 Å². The van der Waals surface area contributed by atoms with Gasteiger partial charge in [-0.05, 0) is 74.2 Å². The van der Waals surface area contributed by atoms with Crippen LogP contribution in [0.4, 0.5) is 4.79 Å². The zero-order valence-electron chi connectivity index (χ0n) is 30.4. The number of carbonyl (C=O) groups excluding carboxylic acids is 3. The molecule has 0 bridgehead atoms. The van der Waals surface area contributed by atoms with E-state index in [2.05, 4.69) is 16.0 Å². The molecular formula is C41H52N4O6. The van der Waals surface area contributed by atoms with E-state index in [0.29, 0.717) is 25.5 Å². The summed E-state index contributed by atoms with van der Waals surface area (Å²) in [7, 11) is 0. The van der Waals surface area contributed by atoms with Gasteiger partial charge in [0.1, 0.15) is 17.4 Å². The monoisotopic (exact) mass is 696 g/mol. The van der Waals surface area contributed by atoms with Crippen molar-refractivity contribution in [3.63, 3.8) is 0 Å². The third kappa shape index (κ3) is 13.0. The molecule has 0 fully saturated rings. The fraction of sp³-hybridized carbons (Fsp3) is 0.390. The molecule has 272 valence electrons. The average Bonchev–Trinajstić information content (AvgIpc) is 3.11. The summed E-state index contributed by atoms with van der Waals surface area (Å²) in [5.41, 5.74) is 2.42. The second kappa shape index (κ2) is 19.5. The summed E-state index contributed by atoms with van der Waals surface area (Å²) in [4.78, 5) is 42.1. The van der Waals surface area contributed by atoms with E-state index in [-0.39, 0.29) is 55.9 Å². The summed E-state index contributed by atoms with van der Waals surface area (Å²) in [5.74, 6) is 0.0774. The molecule has 3 N–H and O–H groups in total. The summed E-state index contributed by atoms with van der Waals surface area (Å²) in [6, 6.07) is 29.9. The van der Waals surface area contributed by atoms with Crippen LogP contribution in [0.5, 0.6) is 5.75 Å². The van der Waals surface area contributed by atoms with E-state index in [9.17, 15) is 14.4 Å². The molecule has 4 rings (SSSR count). The Morgan fingerprint density at radius 1 is 0.765 bits per heavy atom. The summed E-state index contributed by atoms with van der Waals surface area (Å²) in [6.45, 7) is 11.5. The van der Waals surface area contributed by atoms with Gasteiger partial charge in [-0.25, -0.2) is 4.79 Å². The van der Waals surface area contributed by atoms with Gasteiger partial charge in [-0.3, -0.25) is 9.59 Å². The first kappa shape index (κ1) is 38.9. The fourth-order valence-electron chi connectivity index (χ4n) is 5.67. The van der Waals surface area contributed by atoms with Crippen molar-refractivity contribution in [2.45, 2.75) is 78.5 Å². The Morgan fingerprint density at radius 2 is 1.43 bits per heavy atom. The molecule has 0 spiro atoms. The van der Waals surface area contributed by atoms with Crippen molar-refractivity contribution in [1.82, 2.24) is 20.9 Å². The molecule has 4 amide bonds. The van der Waals surface area contributed by atoms with Gasteiger partial charge in [-0.1, -0.05) is 84.9 Å². The minimum absolute atomic E-state index is 0.00919. The third-order valence-electron chi connectivity index (χ3n) is 7.98. The van der Waals surface area contributed by atoms with E-state index in [1.54, 1.807) is 4.90 Å². The number of fused-ring (bicyclic) bond motifs is 1. The van der Waals surface area contributed by atoms with Crippen molar-refractivity contribution in [3.8, 4) is 5.75 Å². The maximum Gasteiger partial charge on any atom is 0.315 e. The van der Waals surface area contributed by atoms with Crippen LogP contribution in [0.25, 0.3) is 10.8 Å².